The zero-order valence-corrected chi connectivity index (χ0v) is 31.9. The van der Waals surface area contributed by atoms with E-state index in [1.807, 2.05) is 0 Å². The van der Waals surface area contributed by atoms with Gasteiger partial charge in [0.2, 0.25) is 0 Å². The molecule has 0 fully saturated rings. The van der Waals surface area contributed by atoms with Crippen LogP contribution in [0.25, 0.3) is 21.5 Å². The van der Waals surface area contributed by atoms with E-state index in [2.05, 4.69) is 171 Å². The van der Waals surface area contributed by atoms with Crippen molar-refractivity contribution in [3.05, 3.63) is 149 Å². The topological polar surface area (TPSA) is 0 Å². The van der Waals surface area contributed by atoms with Crippen LogP contribution in [-0.4, -0.2) is 3.21 Å². The fourth-order valence-electron chi connectivity index (χ4n) is 5.91. The van der Waals surface area contributed by atoms with Gasteiger partial charge in [0.05, 0.1) is 0 Å². The van der Waals surface area contributed by atoms with E-state index in [1.165, 1.54) is 96.9 Å². The van der Waals surface area contributed by atoms with E-state index in [9.17, 15) is 0 Å². The summed E-state index contributed by atoms with van der Waals surface area (Å²) >= 11 is 1.46. The Morgan fingerprint density at radius 1 is 0.652 bits per heavy atom. The molecule has 1 aliphatic rings. The van der Waals surface area contributed by atoms with Crippen molar-refractivity contribution in [1.82, 2.24) is 0 Å². The zero-order valence-electron chi connectivity index (χ0n) is 29.4. The Bertz CT molecular complexity index is 1670. The summed E-state index contributed by atoms with van der Waals surface area (Å²) in [6.07, 6.45) is 11.7. The van der Waals surface area contributed by atoms with E-state index in [1.54, 1.807) is 11.1 Å². The molecule has 0 saturated carbocycles. The van der Waals surface area contributed by atoms with Crippen LogP contribution >= 0.6 is 0 Å². The quantitative estimate of drug-likeness (QED) is 0.156. The van der Waals surface area contributed by atoms with Crippen LogP contribution in [-0.2, 0) is 35.1 Å². The standard InChI is InChI=1S/C21H25.C13H10.C11H17.Zr/c1-20(2,3)16-7-9-18-14(12-16)11-15-13-17(21(4,5)6)8-10-19(15)18;1-3-7-12(8-4-1)11-13-9-5-2-6-10-13;1-3-6-10-8-5-9-11(10)7-4-2;/h7-13H,1-6H3;1-10H;8H,3-4,6-7,9H2,1-2H3;/q-1;;-1;+2. The van der Waals surface area contributed by atoms with E-state index in [-0.39, 0.29) is 10.8 Å². The van der Waals surface area contributed by atoms with Gasteiger partial charge in [0, 0.05) is 0 Å². The molecule has 5 aromatic rings. The third-order valence-electron chi connectivity index (χ3n) is 8.68. The number of fused-ring (bicyclic) bond motifs is 3. The van der Waals surface area contributed by atoms with Gasteiger partial charge in [0.1, 0.15) is 0 Å². The molecule has 46 heavy (non-hydrogen) atoms. The van der Waals surface area contributed by atoms with Gasteiger partial charge in [-0.05, 0) is 17.3 Å². The van der Waals surface area contributed by atoms with Gasteiger partial charge in [-0.25, -0.2) is 6.08 Å². The van der Waals surface area contributed by atoms with Crippen LogP contribution in [0.1, 0.15) is 110 Å². The molecule has 0 unspecified atom stereocenters. The molecular weight excluding hydrogens is 632 g/mol. The SMILES string of the molecule is CC(C)(C)c1ccc2c(c1)[cH-]c1cc(C(C)(C)C)ccc12.CCCC1=C(CCC)C[C-]=C1.[Zr+2]=[C](c1ccccc1)c1ccccc1. The Balaban J connectivity index is 0.000000167. The summed E-state index contributed by atoms with van der Waals surface area (Å²) in [6.45, 7) is 18.1. The second kappa shape index (κ2) is 16.2. The third-order valence-corrected chi connectivity index (χ3v) is 10.1. The molecule has 0 aliphatic heterocycles. The van der Waals surface area contributed by atoms with Crippen molar-refractivity contribution in [1.29, 1.82) is 0 Å². The van der Waals surface area contributed by atoms with Gasteiger partial charge in [-0.3, -0.25) is 6.08 Å². The number of hydrogen-bond acceptors (Lipinski definition) is 0. The van der Waals surface area contributed by atoms with Crippen molar-refractivity contribution >= 4 is 24.8 Å². The van der Waals surface area contributed by atoms with Gasteiger partial charge in [0.15, 0.2) is 0 Å². The number of benzene rings is 4. The van der Waals surface area contributed by atoms with Crippen molar-refractivity contribution < 1.29 is 24.2 Å². The predicted molar refractivity (Wildman–Crippen MR) is 200 cm³/mol. The second-order valence-corrected chi connectivity index (χ2v) is 15.7. The summed E-state index contributed by atoms with van der Waals surface area (Å²) in [5.74, 6) is 0. The Hall–Kier alpha value is -3.02. The van der Waals surface area contributed by atoms with Crippen molar-refractivity contribution in [2.75, 3.05) is 0 Å². The summed E-state index contributed by atoms with van der Waals surface area (Å²) in [7, 11) is 0. The third kappa shape index (κ3) is 9.51. The van der Waals surface area contributed by atoms with E-state index in [0.717, 1.165) is 6.42 Å². The molecule has 5 aromatic carbocycles. The van der Waals surface area contributed by atoms with Crippen LogP contribution in [0.5, 0.6) is 0 Å². The van der Waals surface area contributed by atoms with Crippen LogP contribution in [0.15, 0.2) is 120 Å². The Kier molecular flexibility index (Phi) is 12.6. The van der Waals surface area contributed by atoms with Crippen molar-refractivity contribution in [3.8, 4) is 0 Å². The molecule has 6 rings (SSSR count). The van der Waals surface area contributed by atoms with Crippen molar-refractivity contribution in [2.45, 2.75) is 98.3 Å². The molecule has 0 saturated heterocycles. The molecular formula is C45H52Zr. The predicted octanol–water partition coefficient (Wildman–Crippen LogP) is 12.8. The monoisotopic (exact) mass is 682 g/mol. The normalized spacial score (nSPS) is 13.0. The van der Waals surface area contributed by atoms with E-state index >= 15 is 0 Å². The Morgan fingerprint density at radius 2 is 1.11 bits per heavy atom. The van der Waals surface area contributed by atoms with Crippen molar-refractivity contribution in [3.63, 3.8) is 0 Å². The molecule has 1 aliphatic carbocycles. The van der Waals surface area contributed by atoms with Gasteiger partial charge in [0.25, 0.3) is 0 Å². The molecule has 236 valence electrons. The molecule has 0 heterocycles. The van der Waals surface area contributed by atoms with Gasteiger partial charge in [-0.2, -0.15) is 11.1 Å². The maximum atomic E-state index is 3.29. The van der Waals surface area contributed by atoms with Gasteiger partial charge in [-0.1, -0.05) is 110 Å². The summed E-state index contributed by atoms with van der Waals surface area (Å²) < 4.78 is 1.42. The van der Waals surface area contributed by atoms with Crippen LogP contribution in [0.4, 0.5) is 0 Å². The minimum atomic E-state index is 0.203. The molecule has 0 amide bonds. The molecule has 0 aromatic heterocycles. The fourth-order valence-corrected chi connectivity index (χ4v) is 6.73. The molecule has 0 bridgehead atoms. The van der Waals surface area contributed by atoms with Gasteiger partial charge in [-0.15, -0.1) is 46.2 Å². The van der Waals surface area contributed by atoms with E-state index in [4.69, 9.17) is 0 Å². The number of allylic oxidation sites excluding steroid dienone is 4. The van der Waals surface area contributed by atoms with Gasteiger partial charge >= 0.3 is 99.2 Å². The second-order valence-electron chi connectivity index (χ2n) is 14.5. The summed E-state index contributed by atoms with van der Waals surface area (Å²) in [5, 5.41) is 5.48. The molecule has 1 heteroatoms. The molecule has 0 N–H and O–H groups in total. The first-order valence-corrected chi connectivity index (χ1v) is 18.3. The summed E-state index contributed by atoms with van der Waals surface area (Å²) in [4.78, 5) is 0. The average molecular weight is 684 g/mol. The molecule has 0 spiro atoms. The first-order chi connectivity index (χ1) is 21.9. The first-order valence-electron chi connectivity index (χ1n) is 17.0. The van der Waals surface area contributed by atoms with E-state index in [0.29, 0.717) is 0 Å². The van der Waals surface area contributed by atoms with Crippen LogP contribution in [0.3, 0.4) is 0 Å². The van der Waals surface area contributed by atoms with Gasteiger partial charge < -0.3 is 0 Å². The minimum absolute atomic E-state index is 0.203. The summed E-state index contributed by atoms with van der Waals surface area (Å²) in [5.41, 5.74) is 9.07. The maximum absolute atomic E-state index is 3.29. The van der Waals surface area contributed by atoms with Crippen LogP contribution < -0.4 is 0 Å². The van der Waals surface area contributed by atoms with Crippen LogP contribution in [0.2, 0.25) is 0 Å². The number of hydrogen-bond donors (Lipinski definition) is 0. The molecule has 0 radical (unpaired) electrons. The fraction of sp³-hybridized carbons (Fsp3) is 0.333. The Labute approximate surface area is 294 Å². The molecule has 0 nitrogen and oxygen atoms in total. The Morgan fingerprint density at radius 3 is 1.52 bits per heavy atom. The van der Waals surface area contributed by atoms with Crippen LogP contribution in [0, 0.1) is 6.08 Å². The zero-order chi connectivity index (χ0) is 33.3. The molecule has 0 atom stereocenters. The van der Waals surface area contributed by atoms with Crippen molar-refractivity contribution in [2.24, 2.45) is 0 Å². The first kappa shape index (κ1) is 35.8. The van der Waals surface area contributed by atoms with E-state index < -0.39 is 0 Å². The number of rotatable bonds is 6. The average Bonchev–Trinajstić information content (AvgIpc) is 3.65. The summed E-state index contributed by atoms with van der Waals surface area (Å²) in [6, 6.07) is 37.3.